The van der Waals surface area contributed by atoms with E-state index >= 15 is 0 Å². The third kappa shape index (κ3) is 3.79. The van der Waals surface area contributed by atoms with Crippen molar-refractivity contribution >= 4 is 23.5 Å². The summed E-state index contributed by atoms with van der Waals surface area (Å²) in [7, 11) is 0. The lowest BCUT2D eigenvalue weighted by Crippen LogP contribution is -2.23. The largest absolute Gasteiger partial charge is 0.360 e. The van der Waals surface area contributed by atoms with E-state index in [4.69, 9.17) is 10.4 Å². The Bertz CT molecular complexity index is 892. The molecule has 25 heavy (non-hydrogen) atoms. The number of amides is 1. The molecule has 0 aliphatic heterocycles. The molecule has 0 saturated heterocycles. The topological polar surface area (TPSA) is 112 Å². The number of halogens is 1. The summed E-state index contributed by atoms with van der Waals surface area (Å²) in [6, 6.07) is 7.35. The molecule has 0 bridgehead atoms. The Morgan fingerprint density at radius 3 is 2.72 bits per heavy atom. The van der Waals surface area contributed by atoms with Crippen LogP contribution in [0.4, 0.5) is 10.2 Å². The number of nitrogens with two attached hydrogens (primary N) is 1. The number of aromatic nitrogens is 4. The van der Waals surface area contributed by atoms with Gasteiger partial charge in [0.1, 0.15) is 11.6 Å². The number of anilines is 1. The molecule has 1 amide bonds. The molecule has 0 aliphatic carbocycles. The molecule has 130 valence electrons. The van der Waals surface area contributed by atoms with Crippen molar-refractivity contribution in [2.24, 2.45) is 0 Å². The van der Waals surface area contributed by atoms with Gasteiger partial charge in [-0.15, -0.1) is 10.2 Å². The van der Waals surface area contributed by atoms with Crippen LogP contribution in [0.15, 0.2) is 40.0 Å². The number of carbonyl (C=O) groups is 1. The summed E-state index contributed by atoms with van der Waals surface area (Å²) < 4.78 is 19.2. The summed E-state index contributed by atoms with van der Waals surface area (Å²) in [5.41, 5.74) is 0.624. The molecule has 2 heterocycles. The van der Waals surface area contributed by atoms with E-state index in [1.165, 1.54) is 16.8 Å². The van der Waals surface area contributed by atoms with E-state index in [0.29, 0.717) is 28.1 Å². The van der Waals surface area contributed by atoms with E-state index in [9.17, 15) is 9.18 Å². The Morgan fingerprint density at radius 1 is 1.36 bits per heavy atom. The first-order chi connectivity index (χ1) is 11.9. The summed E-state index contributed by atoms with van der Waals surface area (Å²) in [5.74, 6) is 6.69. The fourth-order valence-corrected chi connectivity index (χ4v) is 2.79. The molecular formula is C15H15FN6O2S. The SMILES string of the molecule is Cc1cc(NC(=O)C(C)Sc2nnc(-c3ccc(F)cc3)n2N)no1. The second kappa shape index (κ2) is 6.93. The molecule has 0 saturated carbocycles. The van der Waals surface area contributed by atoms with Crippen molar-refractivity contribution in [3.05, 3.63) is 41.9 Å². The van der Waals surface area contributed by atoms with Crippen molar-refractivity contribution < 1.29 is 13.7 Å². The first kappa shape index (κ1) is 17.0. The number of nitrogen functional groups attached to an aromatic ring is 1. The van der Waals surface area contributed by atoms with Gasteiger partial charge in [0.25, 0.3) is 0 Å². The van der Waals surface area contributed by atoms with Gasteiger partial charge in [-0.3, -0.25) is 4.79 Å². The van der Waals surface area contributed by atoms with Crippen LogP contribution in [0.25, 0.3) is 11.4 Å². The number of aryl methyl sites for hydroxylation is 1. The molecule has 3 N–H and O–H groups in total. The maximum absolute atomic E-state index is 13.0. The summed E-state index contributed by atoms with van der Waals surface area (Å²) >= 11 is 1.14. The number of nitrogens with one attached hydrogen (secondary N) is 1. The zero-order chi connectivity index (χ0) is 18.0. The van der Waals surface area contributed by atoms with Crippen LogP contribution in [0.2, 0.25) is 0 Å². The monoisotopic (exact) mass is 362 g/mol. The number of hydrogen-bond donors (Lipinski definition) is 2. The highest BCUT2D eigenvalue weighted by Gasteiger charge is 2.20. The molecular weight excluding hydrogens is 347 g/mol. The Labute approximate surface area is 146 Å². The molecule has 1 atom stereocenters. The van der Waals surface area contributed by atoms with Crippen molar-refractivity contribution in [1.82, 2.24) is 20.0 Å². The molecule has 2 aromatic heterocycles. The Morgan fingerprint density at radius 2 is 2.08 bits per heavy atom. The fourth-order valence-electron chi connectivity index (χ4n) is 2.02. The maximum atomic E-state index is 13.0. The van der Waals surface area contributed by atoms with Gasteiger partial charge in [0.15, 0.2) is 11.6 Å². The standard InChI is InChI=1S/C15H15FN6O2S/c1-8-7-12(21-24-8)18-14(23)9(2)25-15-20-19-13(22(15)17)10-3-5-11(16)6-4-10/h3-7,9H,17H2,1-2H3,(H,18,21,23). The number of hydrogen-bond acceptors (Lipinski definition) is 7. The third-order valence-corrected chi connectivity index (χ3v) is 4.35. The summed E-state index contributed by atoms with van der Waals surface area (Å²) in [5, 5.41) is 14.2. The quantitative estimate of drug-likeness (QED) is 0.528. The minimum absolute atomic E-state index is 0.273. The van der Waals surface area contributed by atoms with Crippen molar-refractivity contribution in [3.63, 3.8) is 0 Å². The van der Waals surface area contributed by atoms with Crippen molar-refractivity contribution in [1.29, 1.82) is 0 Å². The Kier molecular flexibility index (Phi) is 4.70. The van der Waals surface area contributed by atoms with Gasteiger partial charge >= 0.3 is 0 Å². The van der Waals surface area contributed by atoms with E-state index in [0.717, 1.165) is 11.8 Å². The van der Waals surface area contributed by atoms with E-state index in [1.807, 2.05) is 0 Å². The lowest BCUT2D eigenvalue weighted by atomic mass is 10.2. The molecule has 1 unspecified atom stereocenters. The van der Waals surface area contributed by atoms with Gasteiger partial charge < -0.3 is 15.7 Å². The number of nitrogens with zero attached hydrogens (tertiary/aromatic N) is 4. The first-order valence-electron chi connectivity index (χ1n) is 7.31. The summed E-state index contributed by atoms with van der Waals surface area (Å²) in [6.45, 7) is 3.44. The molecule has 3 aromatic rings. The maximum Gasteiger partial charge on any atom is 0.238 e. The average Bonchev–Trinajstić information content (AvgIpc) is 3.15. The van der Waals surface area contributed by atoms with Crippen molar-refractivity contribution in [2.45, 2.75) is 24.3 Å². The zero-order valence-corrected chi connectivity index (χ0v) is 14.2. The van der Waals surface area contributed by atoms with Crippen LogP contribution < -0.4 is 11.2 Å². The fraction of sp³-hybridized carbons (Fsp3) is 0.200. The van der Waals surface area contributed by atoms with Crippen LogP contribution in [0, 0.1) is 12.7 Å². The first-order valence-corrected chi connectivity index (χ1v) is 8.19. The molecule has 0 fully saturated rings. The number of carbonyl (C=O) groups excluding carboxylic acids is 1. The Hall–Kier alpha value is -2.88. The summed E-state index contributed by atoms with van der Waals surface area (Å²) in [6.07, 6.45) is 0. The molecule has 0 radical (unpaired) electrons. The van der Waals surface area contributed by atoms with Crippen LogP contribution in [0.3, 0.4) is 0 Å². The number of benzene rings is 1. The number of thioether (sulfide) groups is 1. The second-order valence-corrected chi connectivity index (χ2v) is 6.56. The lowest BCUT2D eigenvalue weighted by molar-refractivity contribution is -0.115. The van der Waals surface area contributed by atoms with Gasteiger partial charge in [0.05, 0.1) is 5.25 Å². The van der Waals surface area contributed by atoms with E-state index < -0.39 is 5.25 Å². The van der Waals surface area contributed by atoms with Gasteiger partial charge in [0, 0.05) is 11.6 Å². The van der Waals surface area contributed by atoms with Crippen molar-refractivity contribution in [3.8, 4) is 11.4 Å². The normalized spacial score (nSPS) is 12.1. The minimum Gasteiger partial charge on any atom is -0.360 e. The molecule has 1 aromatic carbocycles. The summed E-state index contributed by atoms with van der Waals surface area (Å²) in [4.78, 5) is 12.2. The highest BCUT2D eigenvalue weighted by atomic mass is 32.2. The minimum atomic E-state index is -0.496. The van der Waals surface area contributed by atoms with E-state index in [2.05, 4.69) is 20.7 Å². The van der Waals surface area contributed by atoms with Gasteiger partial charge in [-0.2, -0.15) is 0 Å². The van der Waals surface area contributed by atoms with Gasteiger partial charge in [0.2, 0.25) is 11.1 Å². The molecule has 0 aliphatic rings. The second-order valence-electron chi connectivity index (χ2n) is 5.26. The zero-order valence-electron chi connectivity index (χ0n) is 13.4. The molecule has 3 rings (SSSR count). The predicted octanol–water partition coefficient (Wildman–Crippen LogP) is 2.21. The van der Waals surface area contributed by atoms with Crippen LogP contribution >= 0.6 is 11.8 Å². The third-order valence-electron chi connectivity index (χ3n) is 3.30. The highest BCUT2D eigenvalue weighted by Crippen LogP contribution is 2.25. The van der Waals surface area contributed by atoms with Gasteiger partial charge in [-0.05, 0) is 38.1 Å². The van der Waals surface area contributed by atoms with Crippen LogP contribution in [-0.2, 0) is 4.79 Å². The highest BCUT2D eigenvalue weighted by molar-refractivity contribution is 8.00. The average molecular weight is 362 g/mol. The molecule has 8 nitrogen and oxygen atoms in total. The van der Waals surface area contributed by atoms with E-state index in [-0.39, 0.29) is 11.7 Å². The lowest BCUT2D eigenvalue weighted by Gasteiger charge is -2.09. The Balaban J connectivity index is 1.70. The van der Waals surface area contributed by atoms with Crippen molar-refractivity contribution in [2.75, 3.05) is 11.2 Å². The van der Waals surface area contributed by atoms with E-state index in [1.54, 1.807) is 32.0 Å². The van der Waals surface area contributed by atoms with Crippen LogP contribution in [0.5, 0.6) is 0 Å². The molecule has 0 spiro atoms. The van der Waals surface area contributed by atoms with Crippen LogP contribution in [-0.4, -0.2) is 31.2 Å². The van der Waals surface area contributed by atoms with Gasteiger partial charge in [-0.1, -0.05) is 16.9 Å². The predicted molar refractivity (Wildman–Crippen MR) is 90.8 cm³/mol. The smallest absolute Gasteiger partial charge is 0.238 e. The van der Waals surface area contributed by atoms with Crippen LogP contribution in [0.1, 0.15) is 12.7 Å². The molecule has 10 heteroatoms. The number of rotatable bonds is 5. The van der Waals surface area contributed by atoms with Gasteiger partial charge in [-0.25, -0.2) is 9.07 Å².